The zero-order valence-corrected chi connectivity index (χ0v) is 6.75. The Kier molecular flexibility index (Phi) is 1.51. The zero-order valence-electron chi connectivity index (χ0n) is 6.75. The molecule has 0 aliphatic carbocycles. The molecule has 0 spiro atoms. The molecule has 0 saturated carbocycles. The Bertz CT molecular complexity index is 345. The molecular formula is C8H10N4. The second kappa shape index (κ2) is 2.52. The molecule has 4 heteroatoms. The molecule has 62 valence electrons. The van der Waals surface area contributed by atoms with Gasteiger partial charge in [0.15, 0.2) is 5.69 Å². The summed E-state index contributed by atoms with van der Waals surface area (Å²) < 4.78 is 1.95. The first-order chi connectivity index (χ1) is 5.83. The lowest BCUT2D eigenvalue weighted by molar-refractivity contribution is 0.537. The van der Waals surface area contributed by atoms with Gasteiger partial charge in [-0.05, 0) is 19.3 Å². The number of hydrogen-bond donors (Lipinski definition) is 1. The maximum Gasteiger partial charge on any atom is 0.201 e. The molecule has 0 bridgehead atoms. The number of hydrogen-bond acceptors (Lipinski definition) is 3. The van der Waals surface area contributed by atoms with E-state index >= 15 is 0 Å². The van der Waals surface area contributed by atoms with E-state index in [4.69, 9.17) is 11.0 Å². The van der Waals surface area contributed by atoms with Crippen LogP contribution in [0.15, 0.2) is 0 Å². The third-order valence-electron chi connectivity index (χ3n) is 2.25. The molecule has 1 aromatic heterocycles. The average Bonchev–Trinajstić information content (AvgIpc) is 2.44. The molecule has 0 unspecified atom stereocenters. The third kappa shape index (κ3) is 0.866. The maximum absolute atomic E-state index is 8.73. The van der Waals surface area contributed by atoms with Gasteiger partial charge < -0.3 is 10.3 Å². The number of nitriles is 1. The summed E-state index contributed by atoms with van der Waals surface area (Å²) in [5.41, 5.74) is 7.16. The number of nitrogens with zero attached hydrogens (tertiary/aromatic N) is 3. The van der Waals surface area contributed by atoms with Gasteiger partial charge in [0.05, 0.1) is 5.69 Å². The fourth-order valence-electron chi connectivity index (χ4n) is 1.66. The Morgan fingerprint density at radius 3 is 3.08 bits per heavy atom. The highest BCUT2D eigenvalue weighted by Crippen LogP contribution is 2.21. The van der Waals surface area contributed by atoms with Gasteiger partial charge in [0.25, 0.3) is 0 Å². The van der Waals surface area contributed by atoms with Crippen molar-refractivity contribution in [2.75, 3.05) is 5.73 Å². The van der Waals surface area contributed by atoms with E-state index in [1.165, 1.54) is 0 Å². The van der Waals surface area contributed by atoms with E-state index in [1.807, 2.05) is 4.57 Å². The van der Waals surface area contributed by atoms with Crippen molar-refractivity contribution in [3.05, 3.63) is 11.4 Å². The van der Waals surface area contributed by atoms with Crippen molar-refractivity contribution in [1.82, 2.24) is 9.55 Å². The number of fused-ring (bicyclic) bond motifs is 1. The first-order valence-corrected chi connectivity index (χ1v) is 4.08. The van der Waals surface area contributed by atoms with E-state index in [2.05, 4.69) is 11.1 Å². The quantitative estimate of drug-likeness (QED) is 0.609. The lowest BCUT2D eigenvalue weighted by atomic mass is 10.1. The van der Waals surface area contributed by atoms with Crippen molar-refractivity contribution in [3.8, 4) is 6.07 Å². The largest absolute Gasteiger partial charge is 0.369 e. The van der Waals surface area contributed by atoms with Gasteiger partial charge >= 0.3 is 0 Å². The van der Waals surface area contributed by atoms with E-state index in [-0.39, 0.29) is 0 Å². The van der Waals surface area contributed by atoms with Crippen molar-refractivity contribution < 1.29 is 0 Å². The van der Waals surface area contributed by atoms with Crippen LogP contribution in [0.1, 0.15) is 24.2 Å². The predicted octanol–water partition coefficient (Wildman–Crippen LogP) is 0.673. The molecule has 0 fully saturated rings. The average molecular weight is 162 g/mol. The van der Waals surface area contributed by atoms with Gasteiger partial charge in [-0.15, -0.1) is 0 Å². The second-order valence-corrected chi connectivity index (χ2v) is 2.99. The van der Waals surface area contributed by atoms with Gasteiger partial charge in [-0.25, -0.2) is 4.98 Å². The summed E-state index contributed by atoms with van der Waals surface area (Å²) in [5.74, 6) is 0.487. The monoisotopic (exact) mass is 162 g/mol. The van der Waals surface area contributed by atoms with Crippen LogP contribution in [0.2, 0.25) is 0 Å². The molecule has 0 amide bonds. The first kappa shape index (κ1) is 7.17. The molecular weight excluding hydrogens is 152 g/mol. The van der Waals surface area contributed by atoms with Crippen molar-refractivity contribution in [1.29, 1.82) is 5.26 Å². The fourth-order valence-corrected chi connectivity index (χ4v) is 1.66. The van der Waals surface area contributed by atoms with Gasteiger partial charge in [0.2, 0.25) is 5.95 Å². The molecule has 4 nitrogen and oxygen atoms in total. The molecule has 0 aromatic carbocycles. The lowest BCUT2D eigenvalue weighted by Crippen LogP contribution is -2.12. The Balaban J connectivity index is 2.56. The summed E-state index contributed by atoms with van der Waals surface area (Å²) in [7, 11) is 0. The van der Waals surface area contributed by atoms with E-state index < -0.39 is 0 Å². The molecule has 2 heterocycles. The lowest BCUT2D eigenvalue weighted by Gasteiger charge is -2.14. The van der Waals surface area contributed by atoms with E-state index in [0.717, 1.165) is 31.5 Å². The highest BCUT2D eigenvalue weighted by Gasteiger charge is 2.17. The Morgan fingerprint density at radius 1 is 1.50 bits per heavy atom. The van der Waals surface area contributed by atoms with Crippen LogP contribution < -0.4 is 5.73 Å². The van der Waals surface area contributed by atoms with Crippen LogP contribution in [0.5, 0.6) is 0 Å². The summed E-state index contributed by atoms with van der Waals surface area (Å²) in [6, 6.07) is 2.06. The molecule has 0 saturated heterocycles. The molecule has 1 aliphatic heterocycles. The van der Waals surface area contributed by atoms with Crippen molar-refractivity contribution in [3.63, 3.8) is 0 Å². The topological polar surface area (TPSA) is 67.6 Å². The first-order valence-electron chi connectivity index (χ1n) is 4.08. The number of aromatic nitrogens is 2. The molecule has 1 aromatic rings. The van der Waals surface area contributed by atoms with Gasteiger partial charge in [0, 0.05) is 6.54 Å². The number of rotatable bonds is 0. The van der Waals surface area contributed by atoms with Crippen LogP contribution >= 0.6 is 0 Å². The van der Waals surface area contributed by atoms with Gasteiger partial charge in [-0.3, -0.25) is 0 Å². The van der Waals surface area contributed by atoms with Gasteiger partial charge in [-0.1, -0.05) is 0 Å². The zero-order chi connectivity index (χ0) is 8.55. The van der Waals surface area contributed by atoms with E-state index in [0.29, 0.717) is 11.6 Å². The minimum absolute atomic E-state index is 0.487. The molecule has 2 rings (SSSR count). The second-order valence-electron chi connectivity index (χ2n) is 2.99. The summed E-state index contributed by atoms with van der Waals surface area (Å²) in [6.45, 7) is 0.913. The minimum Gasteiger partial charge on any atom is -0.369 e. The molecule has 1 aliphatic rings. The molecule has 0 radical (unpaired) electrons. The van der Waals surface area contributed by atoms with Crippen LogP contribution in [0.4, 0.5) is 5.95 Å². The van der Waals surface area contributed by atoms with Crippen LogP contribution in [-0.2, 0) is 13.0 Å². The standard InChI is InChI=1S/C8H10N4/c9-5-6-7-3-1-2-4-12(7)8(10)11-6/h1-4H2,(H2,10,11). The molecule has 12 heavy (non-hydrogen) atoms. The molecule has 0 atom stereocenters. The number of nitrogen functional groups attached to an aromatic ring is 1. The van der Waals surface area contributed by atoms with E-state index in [9.17, 15) is 0 Å². The summed E-state index contributed by atoms with van der Waals surface area (Å²) in [5, 5.41) is 8.73. The van der Waals surface area contributed by atoms with Gasteiger partial charge in [-0.2, -0.15) is 5.26 Å². The van der Waals surface area contributed by atoms with Crippen LogP contribution in [0.25, 0.3) is 0 Å². The normalized spacial score (nSPS) is 15.2. The Labute approximate surface area is 70.6 Å². The number of anilines is 1. The van der Waals surface area contributed by atoms with Crippen molar-refractivity contribution in [2.45, 2.75) is 25.8 Å². The van der Waals surface area contributed by atoms with E-state index in [1.54, 1.807) is 0 Å². The SMILES string of the molecule is N#Cc1nc(N)n2c1CCCC2. The van der Waals surface area contributed by atoms with Crippen LogP contribution in [0, 0.1) is 11.3 Å². The highest BCUT2D eigenvalue weighted by atomic mass is 15.2. The minimum atomic E-state index is 0.487. The summed E-state index contributed by atoms with van der Waals surface area (Å²) in [4.78, 5) is 3.99. The Morgan fingerprint density at radius 2 is 2.33 bits per heavy atom. The molecule has 2 N–H and O–H groups in total. The van der Waals surface area contributed by atoms with Crippen molar-refractivity contribution >= 4 is 5.95 Å². The highest BCUT2D eigenvalue weighted by molar-refractivity contribution is 5.37. The summed E-state index contributed by atoms with van der Waals surface area (Å²) in [6.07, 6.45) is 3.21. The Hall–Kier alpha value is -1.50. The number of nitrogens with two attached hydrogens (primary N) is 1. The maximum atomic E-state index is 8.73. The predicted molar refractivity (Wildman–Crippen MR) is 44.3 cm³/mol. The van der Waals surface area contributed by atoms with Gasteiger partial charge in [0.1, 0.15) is 6.07 Å². The number of imidazole rings is 1. The summed E-state index contributed by atoms with van der Waals surface area (Å²) >= 11 is 0. The van der Waals surface area contributed by atoms with Crippen molar-refractivity contribution in [2.24, 2.45) is 0 Å². The van der Waals surface area contributed by atoms with Crippen LogP contribution in [0.3, 0.4) is 0 Å². The smallest absolute Gasteiger partial charge is 0.201 e. The van der Waals surface area contributed by atoms with Crippen LogP contribution in [-0.4, -0.2) is 9.55 Å². The fraction of sp³-hybridized carbons (Fsp3) is 0.500. The third-order valence-corrected chi connectivity index (χ3v) is 2.25.